The molecule has 0 aromatic rings. The number of hydrogen-bond donors (Lipinski definition) is 2. The van der Waals surface area contributed by atoms with Gasteiger partial charge in [-0.15, -0.1) is 0 Å². The van der Waals surface area contributed by atoms with Crippen LogP contribution in [0.25, 0.3) is 0 Å². The summed E-state index contributed by atoms with van der Waals surface area (Å²) >= 11 is 0. The van der Waals surface area contributed by atoms with Gasteiger partial charge in [-0.3, -0.25) is 14.8 Å². The van der Waals surface area contributed by atoms with Crippen molar-refractivity contribution in [3.63, 3.8) is 0 Å². The van der Waals surface area contributed by atoms with Gasteiger partial charge in [0.25, 0.3) is 0 Å². The molecule has 0 aromatic carbocycles. The predicted molar refractivity (Wildman–Crippen MR) is 105 cm³/mol. The number of nitrogens with one attached hydrogen (secondary N) is 2. The first-order chi connectivity index (χ1) is 11.3. The lowest BCUT2D eigenvalue weighted by molar-refractivity contribution is 0.119. The number of nitrogens with zero attached hydrogens (tertiary/aromatic N) is 4. The summed E-state index contributed by atoms with van der Waals surface area (Å²) in [6.45, 7) is 18.2. The van der Waals surface area contributed by atoms with Gasteiger partial charge in [-0.25, -0.2) is 0 Å². The van der Waals surface area contributed by atoms with Crippen molar-refractivity contribution >= 4 is 5.96 Å². The Hall–Kier alpha value is -0.850. The number of rotatable bonds is 8. The average molecular weight is 341 g/mol. The molecule has 6 heteroatoms. The van der Waals surface area contributed by atoms with Gasteiger partial charge in [0.05, 0.1) is 6.54 Å². The summed E-state index contributed by atoms with van der Waals surface area (Å²) in [6.07, 6.45) is 0. The zero-order valence-electron chi connectivity index (χ0n) is 17.0. The minimum Gasteiger partial charge on any atom is -0.357 e. The van der Waals surface area contributed by atoms with E-state index >= 15 is 0 Å². The lowest BCUT2D eigenvalue weighted by Gasteiger charge is -2.37. The van der Waals surface area contributed by atoms with Crippen LogP contribution >= 0.6 is 0 Å². The summed E-state index contributed by atoms with van der Waals surface area (Å²) in [5.74, 6) is 0.937. The molecule has 0 saturated carbocycles. The standard InChI is InChI=1S/C18H40N6/c1-8-19-18(20-9-10-24(15(2)3)16(4)5)21-13-17-14-22(6)11-12-23(17)7/h15-17H,8-14H2,1-7H3,(H2,19,20,21). The first-order valence-electron chi connectivity index (χ1n) is 9.51. The van der Waals surface area contributed by atoms with E-state index in [4.69, 9.17) is 4.99 Å². The van der Waals surface area contributed by atoms with Gasteiger partial charge < -0.3 is 15.5 Å². The molecule has 0 aliphatic carbocycles. The van der Waals surface area contributed by atoms with Gasteiger partial charge in [0.15, 0.2) is 5.96 Å². The summed E-state index contributed by atoms with van der Waals surface area (Å²) in [5.41, 5.74) is 0. The number of guanidine groups is 1. The van der Waals surface area contributed by atoms with Gasteiger partial charge in [0.1, 0.15) is 0 Å². The van der Waals surface area contributed by atoms with Gasteiger partial charge in [-0.05, 0) is 48.7 Å². The third-order valence-corrected chi connectivity index (χ3v) is 4.77. The van der Waals surface area contributed by atoms with Gasteiger partial charge >= 0.3 is 0 Å². The van der Waals surface area contributed by atoms with Crippen LogP contribution in [0.5, 0.6) is 0 Å². The van der Waals surface area contributed by atoms with Crippen LogP contribution in [0.1, 0.15) is 34.6 Å². The first-order valence-corrected chi connectivity index (χ1v) is 9.51. The summed E-state index contributed by atoms with van der Waals surface area (Å²) in [4.78, 5) is 12.1. The molecule has 0 aromatic heterocycles. The molecule has 1 saturated heterocycles. The monoisotopic (exact) mass is 340 g/mol. The average Bonchev–Trinajstić information content (AvgIpc) is 2.51. The van der Waals surface area contributed by atoms with E-state index in [0.717, 1.165) is 51.8 Å². The Kier molecular flexibility index (Phi) is 9.63. The van der Waals surface area contributed by atoms with Crippen LogP contribution in [0.3, 0.4) is 0 Å². The Morgan fingerprint density at radius 2 is 1.79 bits per heavy atom. The number of likely N-dealkylation sites (N-methyl/N-ethyl adjacent to an activating group) is 2. The van der Waals surface area contributed by atoms with E-state index in [-0.39, 0.29) is 0 Å². The van der Waals surface area contributed by atoms with E-state index in [1.165, 1.54) is 0 Å². The van der Waals surface area contributed by atoms with Crippen LogP contribution in [0, 0.1) is 0 Å². The minimum atomic E-state index is 0.502. The molecule has 1 unspecified atom stereocenters. The summed E-state index contributed by atoms with van der Waals surface area (Å²) in [5, 5.41) is 6.86. The van der Waals surface area contributed by atoms with E-state index in [9.17, 15) is 0 Å². The van der Waals surface area contributed by atoms with Crippen molar-refractivity contribution in [2.24, 2.45) is 4.99 Å². The molecule has 0 radical (unpaired) electrons. The molecule has 142 valence electrons. The molecule has 0 amide bonds. The van der Waals surface area contributed by atoms with Crippen molar-refractivity contribution in [2.45, 2.75) is 52.7 Å². The number of hydrogen-bond acceptors (Lipinski definition) is 4. The van der Waals surface area contributed by atoms with Gasteiger partial charge in [0.2, 0.25) is 0 Å². The SMILES string of the molecule is CCNC(=NCC1CN(C)CCN1C)NCCN(C(C)C)C(C)C. The summed E-state index contributed by atoms with van der Waals surface area (Å²) in [6, 6.07) is 1.64. The lowest BCUT2D eigenvalue weighted by Crippen LogP contribution is -2.52. The predicted octanol–water partition coefficient (Wildman–Crippen LogP) is 0.906. The van der Waals surface area contributed by atoms with Gasteiger partial charge in [-0.2, -0.15) is 0 Å². The number of piperazine rings is 1. The van der Waals surface area contributed by atoms with Crippen molar-refractivity contribution in [1.82, 2.24) is 25.3 Å². The van der Waals surface area contributed by atoms with Gasteiger partial charge in [-0.1, -0.05) is 0 Å². The molecule has 1 heterocycles. The minimum absolute atomic E-state index is 0.502. The molecule has 1 aliphatic rings. The molecule has 1 rings (SSSR count). The van der Waals surface area contributed by atoms with E-state index in [1.54, 1.807) is 0 Å². The molecule has 6 nitrogen and oxygen atoms in total. The molecular formula is C18H40N6. The van der Waals surface area contributed by atoms with Crippen molar-refractivity contribution in [1.29, 1.82) is 0 Å². The molecule has 2 N–H and O–H groups in total. The fourth-order valence-corrected chi connectivity index (χ4v) is 3.25. The maximum atomic E-state index is 4.82. The highest BCUT2D eigenvalue weighted by Gasteiger charge is 2.21. The largest absolute Gasteiger partial charge is 0.357 e. The second-order valence-electron chi connectivity index (χ2n) is 7.47. The third-order valence-electron chi connectivity index (χ3n) is 4.77. The second-order valence-corrected chi connectivity index (χ2v) is 7.47. The zero-order valence-corrected chi connectivity index (χ0v) is 17.0. The molecular weight excluding hydrogens is 300 g/mol. The maximum absolute atomic E-state index is 4.82. The molecule has 0 bridgehead atoms. The van der Waals surface area contributed by atoms with Crippen molar-refractivity contribution in [2.75, 3.05) is 59.9 Å². The zero-order chi connectivity index (χ0) is 18.1. The first kappa shape index (κ1) is 21.2. The quantitative estimate of drug-likeness (QED) is 0.508. The molecule has 24 heavy (non-hydrogen) atoms. The Morgan fingerprint density at radius 1 is 1.12 bits per heavy atom. The van der Waals surface area contributed by atoms with Crippen LogP contribution in [0.2, 0.25) is 0 Å². The highest BCUT2D eigenvalue weighted by atomic mass is 15.3. The second kappa shape index (κ2) is 10.9. The fraction of sp³-hybridized carbons (Fsp3) is 0.944. The lowest BCUT2D eigenvalue weighted by atomic mass is 10.2. The summed E-state index contributed by atoms with van der Waals surface area (Å²) < 4.78 is 0. The molecule has 0 spiro atoms. The van der Waals surface area contributed by atoms with Crippen LogP contribution in [0.4, 0.5) is 0 Å². The molecule has 1 fully saturated rings. The van der Waals surface area contributed by atoms with E-state index in [2.05, 4.69) is 74.0 Å². The topological polar surface area (TPSA) is 46.1 Å². The van der Waals surface area contributed by atoms with Crippen molar-refractivity contribution in [3.05, 3.63) is 0 Å². The van der Waals surface area contributed by atoms with E-state index in [0.29, 0.717) is 18.1 Å². The highest BCUT2D eigenvalue weighted by molar-refractivity contribution is 5.79. The van der Waals surface area contributed by atoms with Crippen LogP contribution < -0.4 is 10.6 Å². The van der Waals surface area contributed by atoms with E-state index < -0.39 is 0 Å². The van der Waals surface area contributed by atoms with Crippen LogP contribution in [-0.4, -0.2) is 98.7 Å². The molecule has 1 atom stereocenters. The fourth-order valence-electron chi connectivity index (χ4n) is 3.25. The van der Waals surface area contributed by atoms with Gasteiger partial charge in [0, 0.05) is 57.4 Å². The Morgan fingerprint density at radius 3 is 2.38 bits per heavy atom. The smallest absolute Gasteiger partial charge is 0.191 e. The molecule has 1 aliphatic heterocycles. The van der Waals surface area contributed by atoms with E-state index in [1.807, 2.05) is 0 Å². The number of aliphatic imine (C=N–C) groups is 1. The maximum Gasteiger partial charge on any atom is 0.191 e. The Bertz CT molecular complexity index is 361. The van der Waals surface area contributed by atoms with Crippen LogP contribution in [-0.2, 0) is 0 Å². The third kappa shape index (κ3) is 7.36. The highest BCUT2D eigenvalue weighted by Crippen LogP contribution is 2.06. The Labute approximate surface area is 149 Å². The normalized spacial score (nSPS) is 21.1. The Balaban J connectivity index is 2.50. The van der Waals surface area contributed by atoms with Crippen molar-refractivity contribution in [3.8, 4) is 0 Å². The van der Waals surface area contributed by atoms with Crippen LogP contribution in [0.15, 0.2) is 4.99 Å². The van der Waals surface area contributed by atoms with Crippen molar-refractivity contribution < 1.29 is 0 Å². The summed E-state index contributed by atoms with van der Waals surface area (Å²) in [7, 11) is 4.40.